The number of benzene rings is 2. The Hall–Kier alpha value is -1.38. The summed E-state index contributed by atoms with van der Waals surface area (Å²) in [6.45, 7) is 2.31. The number of rotatable bonds is 6. The predicted molar refractivity (Wildman–Crippen MR) is 118 cm³/mol. The molecule has 0 aromatic heterocycles. The third kappa shape index (κ3) is 5.82. The summed E-state index contributed by atoms with van der Waals surface area (Å²) in [5.41, 5.74) is 7.77. The molecule has 8 heteroatoms. The number of nitrogens with zero attached hydrogens (tertiary/aromatic N) is 1. The summed E-state index contributed by atoms with van der Waals surface area (Å²) in [4.78, 5) is 4.37. The Morgan fingerprint density at radius 2 is 1.92 bits per heavy atom. The molecule has 0 saturated carbocycles. The Morgan fingerprint density at radius 1 is 1.19 bits per heavy atom. The first kappa shape index (κ1) is 22.7. The molecular formula is C18H22Cl2IN3O2. The summed E-state index contributed by atoms with van der Waals surface area (Å²) >= 11 is 12.1. The maximum atomic E-state index is 6.22. The van der Waals surface area contributed by atoms with Gasteiger partial charge in [-0.1, -0.05) is 41.4 Å². The number of hydrogen-bond donors (Lipinski definition) is 2. The van der Waals surface area contributed by atoms with Crippen molar-refractivity contribution in [3.05, 3.63) is 57.6 Å². The van der Waals surface area contributed by atoms with Crippen molar-refractivity contribution < 1.29 is 9.47 Å². The van der Waals surface area contributed by atoms with Gasteiger partial charge in [-0.15, -0.1) is 24.0 Å². The van der Waals surface area contributed by atoms with Gasteiger partial charge < -0.3 is 20.5 Å². The molecule has 2 aromatic rings. The fraction of sp³-hybridized carbons (Fsp3) is 0.278. The standard InChI is InChI=1S/C18H21Cl2N3O2.HI/c1-11(14-8-7-13(19)9-15(14)20)23-18(21)22-10-12-5-4-6-16(24-2)17(12)25-3;/h4-9,11H,10H2,1-3H3,(H3,21,22,23);1H. The summed E-state index contributed by atoms with van der Waals surface area (Å²) in [5, 5.41) is 4.29. The van der Waals surface area contributed by atoms with E-state index in [1.165, 1.54) is 0 Å². The number of nitrogens with one attached hydrogen (secondary N) is 1. The lowest BCUT2D eigenvalue weighted by Gasteiger charge is -2.17. The average molecular weight is 510 g/mol. The second-order valence-electron chi connectivity index (χ2n) is 5.39. The van der Waals surface area contributed by atoms with Gasteiger partial charge in [0.25, 0.3) is 0 Å². The van der Waals surface area contributed by atoms with Gasteiger partial charge in [0, 0.05) is 15.6 Å². The molecule has 0 radical (unpaired) electrons. The molecule has 26 heavy (non-hydrogen) atoms. The van der Waals surface area contributed by atoms with E-state index in [0.29, 0.717) is 34.0 Å². The van der Waals surface area contributed by atoms with Gasteiger partial charge in [-0.05, 0) is 30.7 Å². The minimum absolute atomic E-state index is 0. The highest BCUT2D eigenvalue weighted by Crippen LogP contribution is 2.31. The third-order valence-corrected chi connectivity index (χ3v) is 4.26. The zero-order valence-corrected chi connectivity index (χ0v) is 18.6. The van der Waals surface area contributed by atoms with E-state index in [-0.39, 0.29) is 30.0 Å². The molecule has 0 heterocycles. The molecule has 1 atom stereocenters. The van der Waals surface area contributed by atoms with Crippen molar-refractivity contribution >= 4 is 53.1 Å². The first-order chi connectivity index (χ1) is 12.0. The largest absolute Gasteiger partial charge is 0.493 e. The summed E-state index contributed by atoms with van der Waals surface area (Å²) < 4.78 is 10.7. The highest BCUT2D eigenvalue weighted by molar-refractivity contribution is 14.0. The summed E-state index contributed by atoms with van der Waals surface area (Å²) in [6, 6.07) is 10.9. The number of ether oxygens (including phenoxy) is 2. The summed E-state index contributed by atoms with van der Waals surface area (Å²) in [7, 11) is 3.19. The zero-order chi connectivity index (χ0) is 18.4. The van der Waals surface area contributed by atoms with Crippen molar-refractivity contribution in [1.29, 1.82) is 0 Å². The normalized spacial score (nSPS) is 12.1. The van der Waals surface area contributed by atoms with Crippen molar-refractivity contribution in [2.24, 2.45) is 10.7 Å². The van der Waals surface area contributed by atoms with Gasteiger partial charge in [-0.2, -0.15) is 0 Å². The minimum atomic E-state index is -0.110. The van der Waals surface area contributed by atoms with Gasteiger partial charge in [-0.25, -0.2) is 4.99 Å². The van der Waals surface area contributed by atoms with Crippen LogP contribution in [0.3, 0.4) is 0 Å². The van der Waals surface area contributed by atoms with E-state index in [2.05, 4.69) is 10.3 Å². The fourth-order valence-corrected chi connectivity index (χ4v) is 3.02. The van der Waals surface area contributed by atoms with Gasteiger partial charge in [0.05, 0.1) is 26.8 Å². The Bertz CT molecular complexity index is 772. The topological polar surface area (TPSA) is 68.9 Å². The van der Waals surface area contributed by atoms with Crippen LogP contribution in [0.1, 0.15) is 24.1 Å². The number of hydrogen-bond acceptors (Lipinski definition) is 3. The Morgan fingerprint density at radius 3 is 2.54 bits per heavy atom. The number of halogens is 3. The van der Waals surface area contributed by atoms with Gasteiger partial charge in [0.15, 0.2) is 17.5 Å². The molecule has 142 valence electrons. The second-order valence-corrected chi connectivity index (χ2v) is 6.23. The molecular weight excluding hydrogens is 488 g/mol. The summed E-state index contributed by atoms with van der Waals surface area (Å²) in [6.07, 6.45) is 0. The van der Waals surface area contributed by atoms with Crippen LogP contribution in [0.5, 0.6) is 11.5 Å². The molecule has 0 aliphatic heterocycles. The van der Waals surface area contributed by atoms with E-state index in [1.807, 2.05) is 31.2 Å². The van der Waals surface area contributed by atoms with Crippen molar-refractivity contribution in [3.8, 4) is 11.5 Å². The van der Waals surface area contributed by atoms with Crippen LogP contribution in [0.2, 0.25) is 10.0 Å². The van der Waals surface area contributed by atoms with Crippen molar-refractivity contribution in [2.75, 3.05) is 14.2 Å². The van der Waals surface area contributed by atoms with Crippen LogP contribution in [-0.2, 0) is 6.54 Å². The van der Waals surface area contributed by atoms with Crippen LogP contribution in [0.4, 0.5) is 0 Å². The highest BCUT2D eigenvalue weighted by Gasteiger charge is 2.12. The Kier molecular flexibility index (Phi) is 9.32. The van der Waals surface area contributed by atoms with Crippen molar-refractivity contribution in [1.82, 2.24) is 5.32 Å². The van der Waals surface area contributed by atoms with Crippen LogP contribution in [0, 0.1) is 0 Å². The molecule has 0 bridgehead atoms. The van der Waals surface area contributed by atoms with E-state index in [0.717, 1.165) is 11.1 Å². The lowest BCUT2D eigenvalue weighted by Crippen LogP contribution is -2.34. The molecule has 0 spiro atoms. The summed E-state index contributed by atoms with van der Waals surface area (Å²) in [5.74, 6) is 1.61. The number of aliphatic imine (C=N–C) groups is 1. The molecule has 0 aliphatic carbocycles. The van der Waals surface area contributed by atoms with Crippen LogP contribution in [0.25, 0.3) is 0 Å². The smallest absolute Gasteiger partial charge is 0.189 e. The predicted octanol–water partition coefficient (Wildman–Crippen LogP) is 4.79. The van der Waals surface area contributed by atoms with Crippen LogP contribution < -0.4 is 20.5 Å². The lowest BCUT2D eigenvalue weighted by atomic mass is 10.1. The van der Waals surface area contributed by atoms with Crippen LogP contribution in [-0.4, -0.2) is 20.2 Å². The number of methoxy groups -OCH3 is 2. The molecule has 0 saturated heterocycles. The maximum Gasteiger partial charge on any atom is 0.189 e. The Balaban J connectivity index is 0.00000338. The maximum absolute atomic E-state index is 6.22. The average Bonchev–Trinajstić information content (AvgIpc) is 2.59. The van der Waals surface area contributed by atoms with E-state index >= 15 is 0 Å². The lowest BCUT2D eigenvalue weighted by molar-refractivity contribution is 0.352. The molecule has 0 aliphatic rings. The number of nitrogens with two attached hydrogens (primary N) is 1. The van der Waals surface area contributed by atoms with Crippen LogP contribution in [0.15, 0.2) is 41.4 Å². The molecule has 5 nitrogen and oxygen atoms in total. The Labute approximate surface area is 180 Å². The molecule has 2 aromatic carbocycles. The van der Waals surface area contributed by atoms with Crippen molar-refractivity contribution in [2.45, 2.75) is 19.5 Å². The highest BCUT2D eigenvalue weighted by atomic mass is 127. The second kappa shape index (κ2) is 10.7. The van der Waals surface area contributed by atoms with Gasteiger partial charge in [-0.3, -0.25) is 0 Å². The van der Waals surface area contributed by atoms with E-state index < -0.39 is 0 Å². The zero-order valence-electron chi connectivity index (χ0n) is 14.8. The van der Waals surface area contributed by atoms with Gasteiger partial charge in [0.2, 0.25) is 0 Å². The van der Waals surface area contributed by atoms with E-state index in [1.54, 1.807) is 26.4 Å². The minimum Gasteiger partial charge on any atom is -0.493 e. The quantitative estimate of drug-likeness (QED) is 0.333. The number of para-hydroxylation sites is 1. The van der Waals surface area contributed by atoms with Gasteiger partial charge in [0.1, 0.15) is 0 Å². The van der Waals surface area contributed by atoms with E-state index in [9.17, 15) is 0 Å². The van der Waals surface area contributed by atoms with E-state index in [4.69, 9.17) is 38.4 Å². The molecule has 2 rings (SSSR count). The number of guanidine groups is 1. The molecule has 0 fully saturated rings. The third-order valence-electron chi connectivity index (χ3n) is 3.70. The van der Waals surface area contributed by atoms with Crippen molar-refractivity contribution in [3.63, 3.8) is 0 Å². The first-order valence-electron chi connectivity index (χ1n) is 7.67. The molecule has 0 amide bonds. The van der Waals surface area contributed by atoms with Gasteiger partial charge >= 0.3 is 0 Å². The monoisotopic (exact) mass is 509 g/mol. The first-order valence-corrected chi connectivity index (χ1v) is 8.43. The molecule has 1 unspecified atom stereocenters. The molecule has 3 N–H and O–H groups in total. The van der Waals surface area contributed by atoms with Crippen LogP contribution >= 0.6 is 47.2 Å². The SMILES string of the molecule is COc1cccc(CN=C(N)NC(C)c2ccc(Cl)cc2Cl)c1OC.I. The fourth-order valence-electron chi connectivity index (χ4n) is 2.45.